The lowest BCUT2D eigenvalue weighted by Gasteiger charge is -2.35. The van der Waals surface area contributed by atoms with Crippen molar-refractivity contribution in [3.8, 4) is 0 Å². The van der Waals surface area contributed by atoms with E-state index >= 15 is 0 Å². The molecular formula is C15H20O5S. The van der Waals surface area contributed by atoms with E-state index < -0.39 is 16.4 Å². The maximum atomic E-state index is 12.9. The summed E-state index contributed by atoms with van der Waals surface area (Å²) in [6, 6.07) is 0. The highest BCUT2D eigenvalue weighted by molar-refractivity contribution is 8.14. The second-order valence-corrected chi connectivity index (χ2v) is 8.25. The lowest BCUT2D eigenvalue weighted by Crippen LogP contribution is -2.47. The molecule has 6 heteroatoms. The number of ether oxygens (including phenoxy) is 2. The lowest BCUT2D eigenvalue weighted by molar-refractivity contribution is -0.163. The minimum atomic E-state index is -1.06. The molecule has 3 fully saturated rings. The van der Waals surface area contributed by atoms with Gasteiger partial charge in [0.25, 0.3) is 0 Å². The van der Waals surface area contributed by atoms with E-state index in [0.717, 1.165) is 11.8 Å². The molecule has 21 heavy (non-hydrogen) atoms. The van der Waals surface area contributed by atoms with E-state index in [1.807, 2.05) is 20.8 Å². The molecular weight excluding hydrogens is 292 g/mol. The highest BCUT2D eigenvalue weighted by Crippen LogP contribution is 2.66. The molecule has 0 spiro atoms. The van der Waals surface area contributed by atoms with E-state index in [4.69, 9.17) is 9.47 Å². The standard InChI is InChI=1S/C15H20O5S/c1-8-9(7-19-10(8)16)21-12(18)15-6-5-14(4,11(17)20-15)13(15,2)3/h8-9H,5-7H2,1-4H3/t8-,9-,14?,15?/m0/s1. The Balaban J connectivity index is 1.85. The second-order valence-electron chi connectivity index (χ2n) is 7.04. The van der Waals surface area contributed by atoms with E-state index in [0.29, 0.717) is 12.8 Å². The van der Waals surface area contributed by atoms with Crippen LogP contribution in [0.1, 0.15) is 40.5 Å². The first-order chi connectivity index (χ1) is 9.66. The molecule has 0 amide bonds. The van der Waals surface area contributed by atoms with Crippen molar-refractivity contribution in [1.82, 2.24) is 0 Å². The van der Waals surface area contributed by atoms with Gasteiger partial charge in [0, 0.05) is 5.41 Å². The van der Waals surface area contributed by atoms with Gasteiger partial charge in [-0.05, 0) is 19.8 Å². The third kappa shape index (κ3) is 1.62. The molecule has 4 atom stereocenters. The van der Waals surface area contributed by atoms with Crippen LogP contribution in [0, 0.1) is 16.7 Å². The van der Waals surface area contributed by atoms with Gasteiger partial charge >= 0.3 is 11.9 Å². The molecule has 0 N–H and O–H groups in total. The number of esters is 2. The smallest absolute Gasteiger partial charge is 0.313 e. The van der Waals surface area contributed by atoms with E-state index in [-0.39, 0.29) is 34.8 Å². The van der Waals surface area contributed by atoms with E-state index in [9.17, 15) is 14.4 Å². The molecule has 0 radical (unpaired) electrons. The molecule has 2 bridgehead atoms. The van der Waals surface area contributed by atoms with Crippen molar-refractivity contribution < 1.29 is 23.9 Å². The molecule has 3 aliphatic rings. The number of carbonyl (C=O) groups excluding carboxylic acids is 3. The normalized spacial score (nSPS) is 43.8. The first-order valence-electron chi connectivity index (χ1n) is 7.27. The summed E-state index contributed by atoms with van der Waals surface area (Å²) in [5, 5.41) is -0.335. The van der Waals surface area contributed by atoms with Gasteiger partial charge in [-0.25, -0.2) is 0 Å². The van der Waals surface area contributed by atoms with Crippen LogP contribution < -0.4 is 0 Å². The predicted molar refractivity (Wildman–Crippen MR) is 76.5 cm³/mol. The minimum Gasteiger partial charge on any atom is -0.464 e. The Morgan fingerprint density at radius 2 is 1.90 bits per heavy atom. The van der Waals surface area contributed by atoms with Crippen LogP contribution in [0.25, 0.3) is 0 Å². The van der Waals surface area contributed by atoms with Crippen molar-refractivity contribution in [2.24, 2.45) is 16.7 Å². The lowest BCUT2D eigenvalue weighted by atomic mass is 9.67. The number of hydrogen-bond acceptors (Lipinski definition) is 6. The van der Waals surface area contributed by atoms with Crippen molar-refractivity contribution in [1.29, 1.82) is 0 Å². The third-order valence-electron chi connectivity index (χ3n) is 5.99. The Labute approximate surface area is 128 Å². The fourth-order valence-corrected chi connectivity index (χ4v) is 4.98. The van der Waals surface area contributed by atoms with Crippen LogP contribution in [-0.4, -0.2) is 34.5 Å². The molecule has 0 aromatic rings. The molecule has 2 unspecified atom stereocenters. The van der Waals surface area contributed by atoms with Gasteiger partial charge < -0.3 is 9.47 Å². The number of hydrogen-bond donors (Lipinski definition) is 0. The summed E-state index contributed by atoms with van der Waals surface area (Å²) >= 11 is 1.11. The quantitative estimate of drug-likeness (QED) is 0.726. The Bertz CT molecular complexity index is 542. The molecule has 116 valence electrons. The highest BCUT2D eigenvalue weighted by Gasteiger charge is 2.75. The number of rotatable bonds is 2. The molecule has 0 aromatic carbocycles. The largest absolute Gasteiger partial charge is 0.464 e. The first kappa shape index (κ1) is 14.9. The number of carbonyl (C=O) groups is 3. The van der Waals surface area contributed by atoms with Gasteiger partial charge in [0.2, 0.25) is 5.12 Å². The van der Waals surface area contributed by atoms with Crippen molar-refractivity contribution >= 4 is 28.8 Å². The average Bonchev–Trinajstić information content (AvgIpc) is 2.88. The van der Waals surface area contributed by atoms with Crippen molar-refractivity contribution in [2.45, 2.75) is 51.4 Å². The van der Waals surface area contributed by atoms with Gasteiger partial charge in [-0.15, -0.1) is 0 Å². The van der Waals surface area contributed by atoms with Crippen LogP contribution in [0.5, 0.6) is 0 Å². The van der Waals surface area contributed by atoms with Crippen LogP contribution in [0.2, 0.25) is 0 Å². The van der Waals surface area contributed by atoms with Gasteiger partial charge in [0.15, 0.2) is 5.60 Å². The molecule has 2 heterocycles. The Morgan fingerprint density at radius 1 is 1.24 bits per heavy atom. The number of cyclic esters (lactones) is 1. The zero-order valence-corrected chi connectivity index (χ0v) is 13.5. The minimum absolute atomic E-state index is 0.141. The molecule has 3 rings (SSSR count). The van der Waals surface area contributed by atoms with E-state index in [1.54, 1.807) is 6.92 Å². The Hall–Kier alpha value is -1.04. The Morgan fingerprint density at radius 3 is 2.33 bits per heavy atom. The summed E-state index contributed by atoms with van der Waals surface area (Å²) in [4.78, 5) is 36.5. The van der Waals surface area contributed by atoms with Gasteiger partial charge in [-0.1, -0.05) is 32.5 Å². The predicted octanol–water partition coefficient (Wildman–Crippen LogP) is 1.93. The van der Waals surface area contributed by atoms with Gasteiger partial charge in [0.05, 0.1) is 16.6 Å². The van der Waals surface area contributed by atoms with Crippen LogP contribution in [0.4, 0.5) is 0 Å². The zero-order chi connectivity index (χ0) is 15.6. The maximum Gasteiger partial charge on any atom is 0.313 e. The van der Waals surface area contributed by atoms with Crippen molar-refractivity contribution in [3.05, 3.63) is 0 Å². The van der Waals surface area contributed by atoms with Crippen molar-refractivity contribution in [3.63, 3.8) is 0 Å². The summed E-state index contributed by atoms with van der Waals surface area (Å²) in [6.07, 6.45) is 1.23. The maximum absolute atomic E-state index is 12.9. The molecule has 1 saturated carbocycles. The molecule has 2 aliphatic heterocycles. The Kier molecular flexibility index (Phi) is 3.01. The zero-order valence-electron chi connectivity index (χ0n) is 12.7. The fourth-order valence-electron chi connectivity index (χ4n) is 3.66. The molecule has 5 nitrogen and oxygen atoms in total. The summed E-state index contributed by atoms with van der Waals surface area (Å²) in [5.74, 6) is -0.848. The van der Waals surface area contributed by atoms with Crippen LogP contribution >= 0.6 is 11.8 Å². The highest BCUT2D eigenvalue weighted by atomic mass is 32.2. The average molecular weight is 312 g/mol. The molecule has 2 saturated heterocycles. The second kappa shape index (κ2) is 4.24. The topological polar surface area (TPSA) is 69.7 Å². The summed E-state index contributed by atoms with van der Waals surface area (Å²) in [7, 11) is 0. The third-order valence-corrected chi connectivity index (χ3v) is 7.38. The van der Waals surface area contributed by atoms with Crippen LogP contribution in [-0.2, 0) is 23.9 Å². The number of fused-ring (bicyclic) bond motifs is 2. The first-order valence-corrected chi connectivity index (χ1v) is 8.15. The number of thioether (sulfide) groups is 1. The van der Waals surface area contributed by atoms with E-state index in [1.165, 1.54) is 0 Å². The summed E-state index contributed by atoms with van der Waals surface area (Å²) in [6.45, 7) is 7.76. The van der Waals surface area contributed by atoms with Crippen LogP contribution in [0.3, 0.4) is 0 Å². The SMILES string of the molecule is C[C@@H]1C(=O)OC[C@@H]1SC(=O)C12CCC(C)(C(=O)O1)C2(C)C. The van der Waals surface area contributed by atoms with Gasteiger partial charge in [-0.2, -0.15) is 0 Å². The summed E-state index contributed by atoms with van der Waals surface area (Å²) in [5.41, 5.74) is -2.19. The van der Waals surface area contributed by atoms with Crippen molar-refractivity contribution in [2.75, 3.05) is 6.61 Å². The molecule has 1 aliphatic carbocycles. The fraction of sp³-hybridized carbons (Fsp3) is 0.800. The van der Waals surface area contributed by atoms with Gasteiger partial charge in [-0.3, -0.25) is 14.4 Å². The van der Waals surface area contributed by atoms with E-state index in [2.05, 4.69) is 0 Å². The van der Waals surface area contributed by atoms with Gasteiger partial charge in [0.1, 0.15) is 6.61 Å². The summed E-state index contributed by atoms with van der Waals surface area (Å²) < 4.78 is 10.6. The van der Waals surface area contributed by atoms with Crippen LogP contribution in [0.15, 0.2) is 0 Å². The molecule has 0 aromatic heterocycles. The monoisotopic (exact) mass is 312 g/mol.